The van der Waals surface area contributed by atoms with Crippen LogP contribution in [-0.2, 0) is 4.74 Å². The smallest absolute Gasteiger partial charge is 0.172 e. The molecular weight excluding hydrogens is 290 g/mol. The van der Waals surface area contributed by atoms with Crippen LogP contribution in [0.25, 0.3) is 0 Å². The van der Waals surface area contributed by atoms with Crippen molar-refractivity contribution in [1.29, 1.82) is 0 Å². The highest BCUT2D eigenvalue weighted by atomic mass is 16.5. The molecule has 0 unspecified atom stereocenters. The molecule has 0 radical (unpaired) electrons. The van der Waals surface area contributed by atoms with Crippen molar-refractivity contribution in [3.63, 3.8) is 0 Å². The number of ether oxygens (including phenoxy) is 1. The predicted molar refractivity (Wildman–Crippen MR) is 94.0 cm³/mol. The third-order valence-electron chi connectivity index (χ3n) is 4.94. The molecule has 1 aromatic rings. The molecule has 5 nitrogen and oxygen atoms in total. The first-order chi connectivity index (χ1) is 11.2. The average Bonchev–Trinajstić information content (AvgIpc) is 3.04. The molecular formula is C18H33N3O2. The minimum atomic E-state index is 0.485. The van der Waals surface area contributed by atoms with Crippen LogP contribution in [0.5, 0.6) is 0 Å². The summed E-state index contributed by atoms with van der Waals surface area (Å²) >= 11 is 0. The molecule has 0 amide bonds. The van der Waals surface area contributed by atoms with Gasteiger partial charge < -0.3 is 19.1 Å². The van der Waals surface area contributed by atoms with E-state index in [2.05, 4.69) is 15.0 Å². The Morgan fingerprint density at radius 2 is 1.78 bits per heavy atom. The van der Waals surface area contributed by atoms with Crippen LogP contribution in [0.15, 0.2) is 10.6 Å². The number of hydrogen-bond donors (Lipinski definition) is 0. The summed E-state index contributed by atoms with van der Waals surface area (Å²) in [6, 6.07) is 2.04. The molecule has 3 rings (SSSR count). The van der Waals surface area contributed by atoms with Gasteiger partial charge in [-0.2, -0.15) is 0 Å². The largest absolute Gasteiger partial charge is 0.381 e. The van der Waals surface area contributed by atoms with Gasteiger partial charge in [0.15, 0.2) is 5.82 Å². The van der Waals surface area contributed by atoms with Crippen LogP contribution in [0.3, 0.4) is 0 Å². The molecule has 132 valence electrons. The Morgan fingerprint density at radius 1 is 1.13 bits per heavy atom. The molecule has 0 N–H and O–H groups in total. The lowest BCUT2D eigenvalue weighted by atomic mass is 9.95. The van der Waals surface area contributed by atoms with Gasteiger partial charge in [0.2, 0.25) is 0 Å². The third kappa shape index (κ3) is 5.21. The van der Waals surface area contributed by atoms with E-state index in [9.17, 15) is 0 Å². The maximum absolute atomic E-state index is 5.45. The maximum Gasteiger partial charge on any atom is 0.172 e. The van der Waals surface area contributed by atoms with Crippen molar-refractivity contribution in [2.75, 3.05) is 44.7 Å². The van der Waals surface area contributed by atoms with Crippen molar-refractivity contribution in [1.82, 2.24) is 10.1 Å². The van der Waals surface area contributed by atoms with E-state index in [4.69, 9.17) is 9.26 Å². The summed E-state index contributed by atoms with van der Waals surface area (Å²) < 4.78 is 10.6. The van der Waals surface area contributed by atoms with Gasteiger partial charge in [0.25, 0.3) is 0 Å². The third-order valence-corrected chi connectivity index (χ3v) is 4.94. The van der Waals surface area contributed by atoms with E-state index in [1.807, 2.05) is 33.9 Å². The fourth-order valence-corrected chi connectivity index (χ4v) is 3.54. The van der Waals surface area contributed by atoms with Crippen LogP contribution >= 0.6 is 0 Å². The van der Waals surface area contributed by atoms with Crippen LogP contribution < -0.4 is 4.90 Å². The summed E-state index contributed by atoms with van der Waals surface area (Å²) in [6.45, 7) is 11.8. The van der Waals surface area contributed by atoms with Gasteiger partial charge in [-0.15, -0.1) is 0 Å². The van der Waals surface area contributed by atoms with Crippen LogP contribution in [0.1, 0.15) is 45.3 Å². The van der Waals surface area contributed by atoms with Gasteiger partial charge in [-0.05, 0) is 38.5 Å². The minimum absolute atomic E-state index is 0.485. The van der Waals surface area contributed by atoms with E-state index in [1.165, 1.54) is 45.3 Å². The summed E-state index contributed by atoms with van der Waals surface area (Å²) in [4.78, 5) is 4.97. The monoisotopic (exact) mass is 323 g/mol. The van der Waals surface area contributed by atoms with Gasteiger partial charge in [0.05, 0.1) is 6.10 Å². The van der Waals surface area contributed by atoms with Crippen molar-refractivity contribution in [2.45, 2.75) is 52.6 Å². The van der Waals surface area contributed by atoms with E-state index in [1.54, 1.807) is 0 Å². The normalized spacial score (nSPS) is 21.1. The molecule has 23 heavy (non-hydrogen) atoms. The number of piperidine rings is 2. The number of likely N-dealkylation sites (tertiary alicyclic amines) is 1. The fraction of sp³-hybridized carbons (Fsp3) is 0.833. The first-order valence-electron chi connectivity index (χ1n) is 9.18. The summed E-state index contributed by atoms with van der Waals surface area (Å²) in [6.07, 6.45) is 5.38. The van der Waals surface area contributed by atoms with Crippen LogP contribution in [0.4, 0.5) is 5.82 Å². The Hall–Kier alpha value is -1.07. The zero-order valence-corrected chi connectivity index (χ0v) is 15.3. The number of hydrogen-bond acceptors (Lipinski definition) is 5. The van der Waals surface area contributed by atoms with Crippen molar-refractivity contribution >= 4 is 5.82 Å². The zero-order valence-electron chi connectivity index (χ0n) is 15.3. The molecule has 0 aromatic carbocycles. The highest BCUT2D eigenvalue weighted by Crippen LogP contribution is 2.24. The van der Waals surface area contributed by atoms with Crippen molar-refractivity contribution in [2.24, 2.45) is 5.92 Å². The molecule has 0 bridgehead atoms. The van der Waals surface area contributed by atoms with Gasteiger partial charge >= 0.3 is 0 Å². The van der Waals surface area contributed by atoms with E-state index in [0.717, 1.165) is 30.6 Å². The van der Waals surface area contributed by atoms with Crippen LogP contribution in [0, 0.1) is 12.8 Å². The summed E-state index contributed by atoms with van der Waals surface area (Å²) in [5.74, 6) is 2.73. The van der Waals surface area contributed by atoms with Gasteiger partial charge in [0.1, 0.15) is 5.76 Å². The number of aryl methyl sites for hydroxylation is 1. The molecule has 0 spiro atoms. The van der Waals surface area contributed by atoms with Crippen molar-refractivity contribution in [3.05, 3.63) is 11.8 Å². The summed E-state index contributed by atoms with van der Waals surface area (Å²) in [7, 11) is 1.83. The second-order valence-corrected chi connectivity index (χ2v) is 6.46. The van der Waals surface area contributed by atoms with E-state index < -0.39 is 0 Å². The first-order valence-corrected chi connectivity index (χ1v) is 9.18. The molecule has 0 saturated carbocycles. The number of nitrogens with zero attached hydrogens (tertiary/aromatic N) is 3. The molecule has 2 aliphatic rings. The molecule has 1 aromatic heterocycles. The SMILES string of the molecule is CC.COC1CCN(CC2CCN(c3cc(C)on3)CC2)CC1. The highest BCUT2D eigenvalue weighted by molar-refractivity contribution is 5.38. The van der Waals surface area contributed by atoms with Crippen molar-refractivity contribution < 1.29 is 9.26 Å². The van der Waals surface area contributed by atoms with Gasteiger partial charge in [0, 0.05) is 45.9 Å². The summed E-state index contributed by atoms with van der Waals surface area (Å²) in [5, 5.41) is 4.12. The number of anilines is 1. The van der Waals surface area contributed by atoms with E-state index in [0.29, 0.717) is 6.10 Å². The van der Waals surface area contributed by atoms with Gasteiger partial charge in [-0.25, -0.2) is 0 Å². The lowest BCUT2D eigenvalue weighted by Gasteiger charge is -2.37. The Kier molecular flexibility index (Phi) is 7.37. The predicted octanol–water partition coefficient (Wildman–Crippen LogP) is 3.34. The van der Waals surface area contributed by atoms with Gasteiger partial charge in [-0.3, -0.25) is 0 Å². The topological polar surface area (TPSA) is 41.7 Å². The molecule has 0 atom stereocenters. The number of aromatic nitrogens is 1. The minimum Gasteiger partial charge on any atom is -0.381 e. The molecule has 5 heteroatoms. The Bertz CT molecular complexity index is 433. The van der Waals surface area contributed by atoms with E-state index >= 15 is 0 Å². The zero-order chi connectivity index (χ0) is 16.7. The second kappa shape index (κ2) is 9.28. The van der Waals surface area contributed by atoms with Gasteiger partial charge in [-0.1, -0.05) is 19.0 Å². The number of methoxy groups -OCH3 is 1. The second-order valence-electron chi connectivity index (χ2n) is 6.46. The average molecular weight is 323 g/mol. The standard InChI is InChI=1S/C16H27N3O2.C2H6/c1-13-11-16(17-21-13)19-9-3-14(4-10-19)12-18-7-5-15(20-2)6-8-18;1-2/h11,14-15H,3-10,12H2,1-2H3;1-2H3. The first kappa shape index (κ1) is 18.3. The molecule has 0 aliphatic carbocycles. The lowest BCUT2D eigenvalue weighted by molar-refractivity contribution is 0.0353. The molecule has 2 saturated heterocycles. The number of rotatable bonds is 4. The molecule has 2 aliphatic heterocycles. The van der Waals surface area contributed by atoms with Crippen molar-refractivity contribution in [3.8, 4) is 0 Å². The maximum atomic E-state index is 5.45. The molecule has 2 fully saturated rings. The Balaban J connectivity index is 0.000000924. The van der Waals surface area contributed by atoms with Crippen LogP contribution in [-0.4, -0.2) is 56.0 Å². The fourth-order valence-electron chi connectivity index (χ4n) is 3.54. The highest BCUT2D eigenvalue weighted by Gasteiger charge is 2.25. The molecule has 3 heterocycles. The lowest BCUT2D eigenvalue weighted by Crippen LogP contribution is -2.42. The van der Waals surface area contributed by atoms with Crippen LogP contribution in [0.2, 0.25) is 0 Å². The quantitative estimate of drug-likeness (QED) is 0.850. The summed E-state index contributed by atoms with van der Waals surface area (Å²) in [5.41, 5.74) is 0. The van der Waals surface area contributed by atoms with E-state index in [-0.39, 0.29) is 0 Å². The Morgan fingerprint density at radius 3 is 2.30 bits per heavy atom. The Labute approximate surface area is 140 Å².